The number of aliphatic imine (C=N–C) groups is 2. The second kappa shape index (κ2) is 26.4. The molecule has 0 heterocycles. The van der Waals surface area contributed by atoms with Gasteiger partial charge in [0.05, 0.1) is 19.1 Å². The lowest BCUT2D eigenvalue weighted by molar-refractivity contribution is -0.142. The maximum absolute atomic E-state index is 12.9. The summed E-state index contributed by atoms with van der Waals surface area (Å²) < 4.78 is 0. The average Bonchev–Trinajstić information content (AvgIpc) is 3.08. The molecule has 0 aromatic rings. The van der Waals surface area contributed by atoms with E-state index in [2.05, 4.69) is 41.9 Å². The number of carboxylic acid groups (broad SMARTS) is 1. The van der Waals surface area contributed by atoms with Crippen molar-refractivity contribution in [3.05, 3.63) is 0 Å². The predicted molar refractivity (Wildman–Crippen MR) is 196 cm³/mol. The second-order valence-corrected chi connectivity index (χ2v) is 12.6. The summed E-state index contributed by atoms with van der Waals surface area (Å²) in [6.07, 6.45) is 2.22. The summed E-state index contributed by atoms with van der Waals surface area (Å²) in [5.41, 5.74) is 32.2. The van der Waals surface area contributed by atoms with Crippen LogP contribution in [0.5, 0.6) is 0 Å². The largest absolute Gasteiger partial charge is 0.480 e. The first kappa shape index (κ1) is 47.6. The van der Waals surface area contributed by atoms with E-state index in [1.165, 1.54) is 18.7 Å². The molecule has 5 atom stereocenters. The van der Waals surface area contributed by atoms with Crippen molar-refractivity contribution >= 4 is 71.0 Å². The topological polar surface area (TPSA) is 410 Å². The first-order valence-corrected chi connectivity index (χ1v) is 17.9. The summed E-state index contributed by atoms with van der Waals surface area (Å²) >= 11 is 1.50. The van der Waals surface area contributed by atoms with E-state index in [-0.39, 0.29) is 57.1 Å². The number of nitrogens with zero attached hydrogens (tertiary/aromatic N) is 2. The molecule has 0 spiro atoms. The summed E-state index contributed by atoms with van der Waals surface area (Å²) in [4.78, 5) is 106. The van der Waals surface area contributed by atoms with Gasteiger partial charge in [0.25, 0.3) is 0 Å². The maximum Gasteiger partial charge on any atom is 0.326 e. The van der Waals surface area contributed by atoms with Gasteiger partial charge >= 0.3 is 5.97 Å². The third kappa shape index (κ3) is 22.9. The van der Waals surface area contributed by atoms with Gasteiger partial charge in [0.1, 0.15) is 24.2 Å². The fourth-order valence-electron chi connectivity index (χ4n) is 4.23. The van der Waals surface area contributed by atoms with E-state index in [9.17, 15) is 43.5 Å². The minimum Gasteiger partial charge on any atom is -0.480 e. The summed E-state index contributed by atoms with van der Waals surface area (Å²) in [6, 6.07) is -5.86. The molecule has 7 amide bonds. The third-order valence-corrected chi connectivity index (χ3v) is 7.70. The van der Waals surface area contributed by atoms with Gasteiger partial charge < -0.3 is 71.4 Å². The van der Waals surface area contributed by atoms with Crippen LogP contribution in [0.4, 0.5) is 0 Å². The average molecular weight is 775 g/mol. The molecule has 0 aromatic carbocycles. The van der Waals surface area contributed by atoms with Gasteiger partial charge in [-0.25, -0.2) is 4.79 Å². The number of carbonyl (C=O) groups is 8. The molecule has 0 aliphatic carbocycles. The number of thioether (sulfide) groups is 1. The van der Waals surface area contributed by atoms with Crippen LogP contribution in [-0.2, 0) is 38.4 Å². The number of carboxylic acids is 1. The minimum atomic E-state index is -1.48. The molecule has 23 nitrogen and oxygen atoms in total. The Labute approximate surface area is 310 Å². The molecule has 24 heteroatoms. The second-order valence-electron chi connectivity index (χ2n) is 11.6. The molecular weight excluding hydrogens is 720 g/mol. The van der Waals surface area contributed by atoms with Crippen molar-refractivity contribution in [3.8, 4) is 0 Å². The van der Waals surface area contributed by atoms with E-state index in [1.807, 2.05) is 6.26 Å². The molecule has 53 heavy (non-hydrogen) atoms. The van der Waals surface area contributed by atoms with Crippen molar-refractivity contribution in [1.29, 1.82) is 0 Å². The SMILES string of the molecule is CSCC[C@H](N)C(=O)N[C@@H](CCCN=C(N)N)C(=O)NCC(=O)N[C@@H](C)C(=O)NCC(=O)N[C@@H](CCCN=C(N)N)C(=O)N[C@@H](CCC(N)=O)C(=O)O. The van der Waals surface area contributed by atoms with E-state index in [4.69, 9.17) is 34.4 Å². The molecule has 0 rings (SSSR count). The normalized spacial score (nSPS) is 13.3. The van der Waals surface area contributed by atoms with E-state index in [0.29, 0.717) is 18.6 Å². The van der Waals surface area contributed by atoms with Gasteiger partial charge in [-0.15, -0.1) is 0 Å². The fraction of sp³-hybridized carbons (Fsp3) is 0.655. The zero-order valence-corrected chi connectivity index (χ0v) is 30.7. The van der Waals surface area contributed by atoms with Crippen LogP contribution in [0, 0.1) is 0 Å². The zero-order chi connectivity index (χ0) is 40.5. The van der Waals surface area contributed by atoms with Crippen LogP contribution in [-0.4, -0.2) is 133 Å². The van der Waals surface area contributed by atoms with Gasteiger partial charge in [-0.2, -0.15) is 11.8 Å². The number of aliphatic carboxylic acids is 1. The number of rotatable bonds is 27. The van der Waals surface area contributed by atoms with Gasteiger partial charge in [-0.3, -0.25) is 43.5 Å². The minimum absolute atomic E-state index is 0.0335. The Bertz CT molecular complexity index is 1330. The number of carbonyl (C=O) groups excluding carboxylic acids is 7. The molecule has 300 valence electrons. The molecule has 19 N–H and O–H groups in total. The van der Waals surface area contributed by atoms with Gasteiger partial charge in [0.15, 0.2) is 11.9 Å². The molecule has 0 saturated carbocycles. The molecule has 0 saturated heterocycles. The Morgan fingerprint density at radius 3 is 1.62 bits per heavy atom. The Hall–Kier alpha value is -5.39. The highest BCUT2D eigenvalue weighted by molar-refractivity contribution is 7.98. The van der Waals surface area contributed by atoms with Gasteiger partial charge in [0, 0.05) is 19.5 Å². The molecular formula is C29H54N14O9S. The van der Waals surface area contributed by atoms with Crippen LogP contribution < -0.4 is 66.3 Å². The summed E-state index contributed by atoms with van der Waals surface area (Å²) in [5, 5.41) is 23.7. The fourth-order valence-corrected chi connectivity index (χ4v) is 4.72. The molecule has 0 fully saturated rings. The van der Waals surface area contributed by atoms with E-state index < -0.39 is 90.6 Å². The predicted octanol–water partition coefficient (Wildman–Crippen LogP) is -6.28. The van der Waals surface area contributed by atoms with Crippen LogP contribution in [0.15, 0.2) is 9.98 Å². The lowest BCUT2D eigenvalue weighted by atomic mass is 10.1. The number of nitrogens with one attached hydrogen (secondary N) is 6. The van der Waals surface area contributed by atoms with Crippen molar-refractivity contribution in [3.63, 3.8) is 0 Å². The van der Waals surface area contributed by atoms with Crippen molar-refractivity contribution < 1.29 is 43.5 Å². The number of primary amides is 1. The Morgan fingerprint density at radius 1 is 0.642 bits per heavy atom. The van der Waals surface area contributed by atoms with Crippen molar-refractivity contribution in [2.45, 2.75) is 82.1 Å². The van der Waals surface area contributed by atoms with Gasteiger partial charge in [-0.1, -0.05) is 0 Å². The summed E-state index contributed by atoms with van der Waals surface area (Å²) in [7, 11) is 0. The Balaban J connectivity index is 5.23. The number of hydrogen-bond acceptors (Lipinski definition) is 12. The lowest BCUT2D eigenvalue weighted by Crippen LogP contribution is -2.55. The Kier molecular flexibility index (Phi) is 23.7. The van der Waals surface area contributed by atoms with Crippen LogP contribution in [0.1, 0.15) is 51.9 Å². The van der Waals surface area contributed by atoms with Crippen LogP contribution in [0.3, 0.4) is 0 Å². The van der Waals surface area contributed by atoms with Crippen LogP contribution in [0.2, 0.25) is 0 Å². The highest BCUT2D eigenvalue weighted by Crippen LogP contribution is 2.04. The molecule has 0 aliphatic heterocycles. The van der Waals surface area contributed by atoms with E-state index in [0.717, 1.165) is 0 Å². The standard InChI is InChI=1S/C29H54N14O9S/c1-15(40-21(45)13-39-25(49)17(5-3-10-36-28(32)33)42-24(48)16(30)9-12-53-2)23(47)38-14-22(46)41-18(6-4-11-37-29(34)35)26(50)43-19(27(51)52)7-8-20(31)44/h15-19H,3-14,30H2,1-2H3,(H2,31,44)(H,38,47)(H,39,49)(H,40,45)(H,41,46)(H,42,48)(H,43,50)(H,51,52)(H4,32,33,36)(H4,34,35,37)/t15-,16-,17-,18-,19-/m0/s1. The maximum atomic E-state index is 12.9. The summed E-state index contributed by atoms with van der Waals surface area (Å²) in [5.74, 6) is -6.45. The number of guanidine groups is 2. The highest BCUT2D eigenvalue weighted by atomic mass is 32.2. The Morgan fingerprint density at radius 2 is 1.13 bits per heavy atom. The molecule has 0 aliphatic rings. The monoisotopic (exact) mass is 774 g/mol. The van der Waals surface area contributed by atoms with E-state index in [1.54, 1.807) is 0 Å². The molecule has 0 radical (unpaired) electrons. The molecule has 0 bridgehead atoms. The first-order chi connectivity index (χ1) is 24.9. The summed E-state index contributed by atoms with van der Waals surface area (Å²) in [6.45, 7) is 0.374. The van der Waals surface area contributed by atoms with Gasteiger partial charge in [-0.05, 0) is 57.5 Å². The molecule has 0 unspecified atom stereocenters. The van der Waals surface area contributed by atoms with Crippen LogP contribution in [0.25, 0.3) is 0 Å². The number of hydrogen-bond donors (Lipinski definition) is 13. The highest BCUT2D eigenvalue weighted by Gasteiger charge is 2.28. The van der Waals surface area contributed by atoms with Crippen molar-refractivity contribution in [1.82, 2.24) is 31.9 Å². The van der Waals surface area contributed by atoms with Crippen molar-refractivity contribution in [2.75, 3.05) is 38.2 Å². The van der Waals surface area contributed by atoms with Crippen LogP contribution >= 0.6 is 11.8 Å². The smallest absolute Gasteiger partial charge is 0.326 e. The number of nitrogens with two attached hydrogens (primary N) is 6. The first-order valence-electron chi connectivity index (χ1n) is 16.5. The number of amides is 7. The van der Waals surface area contributed by atoms with E-state index >= 15 is 0 Å². The zero-order valence-electron chi connectivity index (χ0n) is 29.9. The quantitative estimate of drug-likeness (QED) is 0.0210. The third-order valence-electron chi connectivity index (χ3n) is 7.06. The van der Waals surface area contributed by atoms with Crippen molar-refractivity contribution in [2.24, 2.45) is 44.4 Å². The lowest BCUT2D eigenvalue weighted by Gasteiger charge is -2.22. The van der Waals surface area contributed by atoms with Gasteiger partial charge in [0.2, 0.25) is 41.4 Å². The molecule has 0 aromatic heterocycles.